The van der Waals surface area contributed by atoms with Gasteiger partial charge in [-0.25, -0.2) is 4.58 Å². The first-order chi connectivity index (χ1) is 7.74. The molecule has 1 aliphatic rings. The van der Waals surface area contributed by atoms with Crippen molar-refractivity contribution in [2.75, 3.05) is 6.54 Å². The SMILES string of the molecule is CC(C)C[N+]1=Cc2cccc3ccn(c23)C1. The smallest absolute Gasteiger partial charge is 0.222 e. The van der Waals surface area contributed by atoms with Crippen LogP contribution in [0.1, 0.15) is 19.4 Å². The van der Waals surface area contributed by atoms with Gasteiger partial charge in [0, 0.05) is 17.5 Å². The topological polar surface area (TPSA) is 7.94 Å². The van der Waals surface area contributed by atoms with Gasteiger partial charge in [0.1, 0.15) is 6.54 Å². The van der Waals surface area contributed by atoms with Gasteiger partial charge in [-0.15, -0.1) is 0 Å². The maximum atomic E-state index is 2.40. The lowest BCUT2D eigenvalue weighted by Crippen LogP contribution is -2.25. The third-order valence-electron chi connectivity index (χ3n) is 3.08. The molecule has 2 aromatic rings. The van der Waals surface area contributed by atoms with E-state index in [-0.39, 0.29) is 0 Å². The van der Waals surface area contributed by atoms with Crippen LogP contribution in [0.4, 0.5) is 0 Å². The van der Waals surface area contributed by atoms with Crippen LogP contribution in [0.25, 0.3) is 10.9 Å². The minimum Gasteiger partial charge on any atom is -0.291 e. The summed E-state index contributed by atoms with van der Waals surface area (Å²) in [5.74, 6) is 0.701. The molecule has 2 nitrogen and oxygen atoms in total. The Labute approximate surface area is 95.8 Å². The fourth-order valence-corrected chi connectivity index (χ4v) is 2.53. The van der Waals surface area contributed by atoms with Crippen molar-refractivity contribution in [3.8, 4) is 0 Å². The molecule has 0 unspecified atom stereocenters. The molecule has 0 fully saturated rings. The van der Waals surface area contributed by atoms with E-state index in [0.29, 0.717) is 5.92 Å². The molecule has 0 saturated heterocycles. The van der Waals surface area contributed by atoms with Gasteiger partial charge in [0.2, 0.25) is 6.67 Å². The maximum absolute atomic E-state index is 2.40. The zero-order chi connectivity index (χ0) is 11.1. The van der Waals surface area contributed by atoms with Gasteiger partial charge >= 0.3 is 0 Å². The summed E-state index contributed by atoms with van der Waals surface area (Å²) >= 11 is 0. The van der Waals surface area contributed by atoms with Crippen LogP contribution in [-0.2, 0) is 6.67 Å². The fourth-order valence-electron chi connectivity index (χ4n) is 2.53. The third kappa shape index (κ3) is 1.45. The van der Waals surface area contributed by atoms with E-state index in [2.05, 4.69) is 59.7 Å². The van der Waals surface area contributed by atoms with E-state index >= 15 is 0 Å². The minimum absolute atomic E-state index is 0.701. The molecule has 0 atom stereocenters. The molecule has 0 aliphatic carbocycles. The van der Waals surface area contributed by atoms with Crippen molar-refractivity contribution in [2.24, 2.45) is 5.92 Å². The molecule has 16 heavy (non-hydrogen) atoms. The second-order valence-corrected chi connectivity index (χ2v) is 5.01. The van der Waals surface area contributed by atoms with Crippen LogP contribution in [0.3, 0.4) is 0 Å². The van der Waals surface area contributed by atoms with E-state index in [1.165, 1.54) is 16.5 Å². The summed E-state index contributed by atoms with van der Waals surface area (Å²) < 4.78 is 4.74. The van der Waals surface area contributed by atoms with Crippen molar-refractivity contribution in [3.63, 3.8) is 0 Å². The highest BCUT2D eigenvalue weighted by Crippen LogP contribution is 2.21. The predicted molar refractivity (Wildman–Crippen MR) is 67.1 cm³/mol. The van der Waals surface area contributed by atoms with E-state index in [1.807, 2.05) is 0 Å². The van der Waals surface area contributed by atoms with Gasteiger partial charge in [-0.2, -0.15) is 0 Å². The molecule has 2 heteroatoms. The molecule has 1 aromatic heterocycles. The normalized spacial score (nSPS) is 14.6. The summed E-state index contributed by atoms with van der Waals surface area (Å²) in [6, 6.07) is 8.72. The number of benzene rings is 1. The van der Waals surface area contributed by atoms with Gasteiger partial charge in [-0.1, -0.05) is 26.0 Å². The van der Waals surface area contributed by atoms with Crippen LogP contribution in [0.15, 0.2) is 30.5 Å². The summed E-state index contributed by atoms with van der Waals surface area (Å²) in [6.07, 6.45) is 4.48. The lowest BCUT2D eigenvalue weighted by Gasteiger charge is -2.14. The number of para-hydroxylation sites is 1. The number of rotatable bonds is 2. The molecule has 0 saturated carbocycles. The van der Waals surface area contributed by atoms with Gasteiger partial charge in [-0.3, -0.25) is 4.57 Å². The van der Waals surface area contributed by atoms with E-state index in [0.717, 1.165) is 13.2 Å². The first kappa shape index (κ1) is 9.64. The van der Waals surface area contributed by atoms with Crippen LogP contribution in [0.5, 0.6) is 0 Å². The standard InChI is InChI=1S/C14H17N2/c1-11(2)8-15-9-13-5-3-4-12-6-7-16(10-15)14(12)13/h3-7,9,11H,8,10H2,1-2H3/q+1. The van der Waals surface area contributed by atoms with Gasteiger partial charge in [0.05, 0.1) is 11.1 Å². The zero-order valence-corrected chi connectivity index (χ0v) is 9.85. The molecule has 0 N–H and O–H groups in total. The highest BCUT2D eigenvalue weighted by Gasteiger charge is 2.18. The van der Waals surface area contributed by atoms with Crippen molar-refractivity contribution in [1.82, 2.24) is 4.57 Å². The van der Waals surface area contributed by atoms with Gasteiger partial charge in [0.25, 0.3) is 0 Å². The largest absolute Gasteiger partial charge is 0.291 e. The Kier molecular flexibility index (Phi) is 2.10. The van der Waals surface area contributed by atoms with E-state index < -0.39 is 0 Å². The van der Waals surface area contributed by atoms with Crippen molar-refractivity contribution in [1.29, 1.82) is 0 Å². The Bertz CT molecular complexity index is 561. The molecule has 0 bridgehead atoms. The summed E-state index contributed by atoms with van der Waals surface area (Å²) in [6.45, 7) is 6.63. The van der Waals surface area contributed by atoms with Crippen molar-refractivity contribution in [2.45, 2.75) is 20.5 Å². The predicted octanol–water partition coefficient (Wildman–Crippen LogP) is 2.70. The van der Waals surface area contributed by atoms with Crippen LogP contribution >= 0.6 is 0 Å². The van der Waals surface area contributed by atoms with E-state index in [1.54, 1.807) is 0 Å². The molecular weight excluding hydrogens is 196 g/mol. The molecule has 0 spiro atoms. The second-order valence-electron chi connectivity index (χ2n) is 5.01. The number of hydrogen-bond acceptors (Lipinski definition) is 0. The Morgan fingerprint density at radius 1 is 1.31 bits per heavy atom. The Morgan fingerprint density at radius 3 is 3.00 bits per heavy atom. The van der Waals surface area contributed by atoms with Crippen LogP contribution in [-0.4, -0.2) is 21.9 Å². The highest BCUT2D eigenvalue weighted by molar-refractivity contribution is 5.97. The molecule has 0 radical (unpaired) electrons. The van der Waals surface area contributed by atoms with Crippen molar-refractivity contribution in [3.05, 3.63) is 36.0 Å². The van der Waals surface area contributed by atoms with Crippen LogP contribution in [0.2, 0.25) is 0 Å². The zero-order valence-electron chi connectivity index (χ0n) is 9.85. The summed E-state index contributed by atoms with van der Waals surface area (Å²) in [7, 11) is 0. The summed E-state index contributed by atoms with van der Waals surface area (Å²) in [4.78, 5) is 0. The number of hydrogen-bond donors (Lipinski definition) is 0. The highest BCUT2D eigenvalue weighted by atomic mass is 15.2. The first-order valence-electron chi connectivity index (χ1n) is 5.91. The summed E-state index contributed by atoms with van der Waals surface area (Å²) in [5, 5.41) is 1.35. The molecular formula is C14H17N2+. The Hall–Kier alpha value is -1.57. The third-order valence-corrected chi connectivity index (χ3v) is 3.08. The van der Waals surface area contributed by atoms with Crippen molar-refractivity contribution >= 4 is 17.1 Å². The Balaban J connectivity index is 2.11. The maximum Gasteiger partial charge on any atom is 0.222 e. The van der Waals surface area contributed by atoms with E-state index in [9.17, 15) is 0 Å². The molecule has 0 amide bonds. The van der Waals surface area contributed by atoms with E-state index in [4.69, 9.17) is 0 Å². The Morgan fingerprint density at radius 2 is 2.19 bits per heavy atom. The lowest BCUT2D eigenvalue weighted by molar-refractivity contribution is -0.560. The minimum atomic E-state index is 0.701. The average molecular weight is 213 g/mol. The fraction of sp³-hybridized carbons (Fsp3) is 0.357. The van der Waals surface area contributed by atoms with Crippen LogP contribution < -0.4 is 0 Å². The second kappa shape index (κ2) is 3.48. The first-order valence-corrected chi connectivity index (χ1v) is 5.91. The summed E-state index contributed by atoms with van der Waals surface area (Å²) in [5.41, 5.74) is 2.72. The van der Waals surface area contributed by atoms with Gasteiger partial charge < -0.3 is 0 Å². The number of nitrogens with zero attached hydrogens (tertiary/aromatic N) is 2. The average Bonchev–Trinajstić information content (AvgIpc) is 2.62. The monoisotopic (exact) mass is 213 g/mol. The van der Waals surface area contributed by atoms with Gasteiger partial charge in [0.15, 0.2) is 6.21 Å². The van der Waals surface area contributed by atoms with Gasteiger partial charge in [-0.05, 0) is 12.1 Å². The molecule has 2 heterocycles. The quantitative estimate of drug-likeness (QED) is 0.678. The molecule has 1 aliphatic heterocycles. The lowest BCUT2D eigenvalue weighted by atomic mass is 10.1. The molecule has 1 aromatic carbocycles. The molecule has 82 valence electrons. The van der Waals surface area contributed by atoms with Crippen LogP contribution in [0, 0.1) is 5.92 Å². The van der Waals surface area contributed by atoms with Crippen molar-refractivity contribution < 1.29 is 4.58 Å². The molecule has 3 rings (SSSR count). The number of aromatic nitrogens is 1.